The third kappa shape index (κ3) is 2.38. The number of aryl methyl sites for hydroxylation is 2. The van der Waals surface area contributed by atoms with Crippen LogP contribution in [-0.2, 0) is 19.3 Å². The molecule has 0 saturated carbocycles. The molecule has 2 aromatic rings. The second kappa shape index (κ2) is 5.29. The summed E-state index contributed by atoms with van der Waals surface area (Å²) in [4.78, 5) is 3.07. The fourth-order valence-corrected chi connectivity index (χ4v) is 4.03. The van der Waals surface area contributed by atoms with Crippen LogP contribution >= 0.6 is 11.3 Å². The Bertz CT molecular complexity index is 477. The van der Waals surface area contributed by atoms with E-state index in [2.05, 4.69) is 17.4 Å². The predicted molar refractivity (Wildman–Crippen MR) is 75.2 cm³/mol. The van der Waals surface area contributed by atoms with Crippen molar-refractivity contribution >= 4 is 11.3 Å². The first-order chi connectivity index (χ1) is 8.86. The van der Waals surface area contributed by atoms with Gasteiger partial charge >= 0.3 is 0 Å². The average molecular weight is 261 g/mol. The van der Waals surface area contributed by atoms with Gasteiger partial charge < -0.3 is 9.73 Å². The molecule has 2 nitrogen and oxygen atoms in total. The van der Waals surface area contributed by atoms with Crippen molar-refractivity contribution in [1.29, 1.82) is 0 Å². The standard InChI is InChI=1S/C15H19NOS/c1-16-13(10-12-6-4-8-17-12)15-9-11-5-2-3-7-14(11)18-15/h4,6,8-9,13,16H,2-3,5,7,10H2,1H3. The molecule has 0 saturated heterocycles. The highest BCUT2D eigenvalue weighted by atomic mass is 32.1. The van der Waals surface area contributed by atoms with Crippen LogP contribution in [0.25, 0.3) is 0 Å². The minimum Gasteiger partial charge on any atom is -0.469 e. The Morgan fingerprint density at radius 3 is 3.00 bits per heavy atom. The van der Waals surface area contributed by atoms with Crippen molar-refractivity contribution in [1.82, 2.24) is 5.32 Å². The highest BCUT2D eigenvalue weighted by molar-refractivity contribution is 7.12. The Balaban J connectivity index is 1.80. The minimum absolute atomic E-state index is 0.381. The topological polar surface area (TPSA) is 25.2 Å². The molecule has 0 aromatic carbocycles. The van der Waals surface area contributed by atoms with Crippen molar-refractivity contribution in [2.45, 2.75) is 38.1 Å². The van der Waals surface area contributed by atoms with Gasteiger partial charge in [-0.2, -0.15) is 0 Å². The summed E-state index contributed by atoms with van der Waals surface area (Å²) in [5.41, 5.74) is 1.58. The molecule has 1 N–H and O–H groups in total. The third-order valence-electron chi connectivity index (χ3n) is 3.69. The second-order valence-corrected chi connectivity index (χ2v) is 6.10. The molecule has 0 spiro atoms. The lowest BCUT2D eigenvalue weighted by Gasteiger charge is -2.12. The van der Waals surface area contributed by atoms with E-state index in [1.54, 1.807) is 16.7 Å². The zero-order valence-electron chi connectivity index (χ0n) is 10.7. The molecule has 1 aliphatic carbocycles. The van der Waals surface area contributed by atoms with Gasteiger partial charge in [-0.1, -0.05) is 0 Å². The van der Waals surface area contributed by atoms with Crippen LogP contribution in [0.4, 0.5) is 0 Å². The molecule has 3 heteroatoms. The maximum absolute atomic E-state index is 5.45. The lowest BCUT2D eigenvalue weighted by atomic mass is 9.98. The molecule has 1 unspecified atom stereocenters. The van der Waals surface area contributed by atoms with Crippen LogP contribution < -0.4 is 5.32 Å². The number of rotatable bonds is 4. The largest absolute Gasteiger partial charge is 0.469 e. The predicted octanol–water partition coefficient (Wildman–Crippen LogP) is 3.72. The normalized spacial score (nSPS) is 16.5. The summed E-state index contributed by atoms with van der Waals surface area (Å²) in [5, 5.41) is 3.42. The Labute approximate surface area is 112 Å². The van der Waals surface area contributed by atoms with Crippen molar-refractivity contribution < 1.29 is 4.42 Å². The van der Waals surface area contributed by atoms with Gasteiger partial charge in [0.2, 0.25) is 0 Å². The quantitative estimate of drug-likeness (QED) is 0.907. The van der Waals surface area contributed by atoms with Gasteiger partial charge in [0.25, 0.3) is 0 Å². The highest BCUT2D eigenvalue weighted by Crippen LogP contribution is 2.33. The van der Waals surface area contributed by atoms with Crippen molar-refractivity contribution in [3.05, 3.63) is 45.5 Å². The Kier molecular flexibility index (Phi) is 3.52. The van der Waals surface area contributed by atoms with E-state index >= 15 is 0 Å². The van der Waals surface area contributed by atoms with E-state index in [1.165, 1.54) is 30.6 Å². The van der Waals surface area contributed by atoms with E-state index < -0.39 is 0 Å². The summed E-state index contributed by atoms with van der Waals surface area (Å²) >= 11 is 1.99. The van der Waals surface area contributed by atoms with Crippen LogP contribution in [0.3, 0.4) is 0 Å². The van der Waals surface area contributed by atoms with E-state index in [1.807, 2.05) is 24.5 Å². The SMILES string of the molecule is CNC(Cc1ccco1)c1cc2c(s1)CCCC2. The third-order valence-corrected chi connectivity index (χ3v) is 5.04. The van der Waals surface area contributed by atoms with Gasteiger partial charge in [-0.15, -0.1) is 11.3 Å². The molecule has 96 valence electrons. The van der Waals surface area contributed by atoms with Crippen LogP contribution in [0.5, 0.6) is 0 Å². The Morgan fingerprint density at radius 2 is 2.28 bits per heavy atom. The monoisotopic (exact) mass is 261 g/mol. The van der Waals surface area contributed by atoms with Crippen LogP contribution in [0.2, 0.25) is 0 Å². The molecule has 0 bridgehead atoms. The van der Waals surface area contributed by atoms with E-state index in [0.29, 0.717) is 6.04 Å². The molecule has 2 aromatic heterocycles. The summed E-state index contributed by atoms with van der Waals surface area (Å²) in [6.45, 7) is 0. The zero-order chi connectivity index (χ0) is 12.4. The molecule has 1 atom stereocenters. The van der Waals surface area contributed by atoms with Gasteiger partial charge in [0.1, 0.15) is 5.76 Å². The first kappa shape index (κ1) is 12.0. The van der Waals surface area contributed by atoms with Crippen molar-refractivity contribution in [2.24, 2.45) is 0 Å². The first-order valence-electron chi connectivity index (χ1n) is 6.68. The number of hydrogen-bond acceptors (Lipinski definition) is 3. The molecule has 0 aliphatic heterocycles. The molecule has 2 heterocycles. The number of nitrogens with one attached hydrogen (secondary N) is 1. The van der Waals surface area contributed by atoms with Gasteiger partial charge in [-0.05, 0) is 56.5 Å². The van der Waals surface area contributed by atoms with Crippen LogP contribution in [0.1, 0.15) is 40.0 Å². The average Bonchev–Trinajstić information content (AvgIpc) is 3.04. The molecule has 18 heavy (non-hydrogen) atoms. The number of likely N-dealkylation sites (N-methyl/N-ethyl adjacent to an activating group) is 1. The highest BCUT2D eigenvalue weighted by Gasteiger charge is 2.19. The summed E-state index contributed by atoms with van der Waals surface area (Å²) in [5.74, 6) is 1.06. The molecule has 3 rings (SSSR count). The van der Waals surface area contributed by atoms with Crippen molar-refractivity contribution in [2.75, 3.05) is 7.05 Å². The van der Waals surface area contributed by atoms with Crippen molar-refractivity contribution in [3.8, 4) is 0 Å². The van der Waals surface area contributed by atoms with Crippen LogP contribution in [0, 0.1) is 0 Å². The lowest BCUT2D eigenvalue weighted by molar-refractivity contribution is 0.468. The summed E-state index contributed by atoms with van der Waals surface area (Å²) in [6, 6.07) is 6.80. The summed E-state index contributed by atoms with van der Waals surface area (Å²) < 4.78 is 5.45. The maximum atomic E-state index is 5.45. The van der Waals surface area contributed by atoms with Gasteiger partial charge in [-0.25, -0.2) is 0 Å². The maximum Gasteiger partial charge on any atom is 0.105 e. The molecule has 1 aliphatic rings. The molecule has 0 amide bonds. The number of thiophene rings is 1. The van der Waals surface area contributed by atoms with E-state index in [4.69, 9.17) is 4.42 Å². The van der Waals surface area contributed by atoms with Crippen LogP contribution in [0.15, 0.2) is 28.9 Å². The smallest absolute Gasteiger partial charge is 0.105 e. The molecule has 0 radical (unpaired) electrons. The fraction of sp³-hybridized carbons (Fsp3) is 0.467. The first-order valence-corrected chi connectivity index (χ1v) is 7.49. The second-order valence-electron chi connectivity index (χ2n) is 4.93. The van der Waals surface area contributed by atoms with E-state index in [0.717, 1.165) is 12.2 Å². The number of furan rings is 1. The fourth-order valence-electron chi connectivity index (χ4n) is 2.66. The Morgan fingerprint density at radius 1 is 1.39 bits per heavy atom. The zero-order valence-corrected chi connectivity index (χ0v) is 11.6. The van der Waals surface area contributed by atoms with Gasteiger partial charge in [-0.3, -0.25) is 0 Å². The van der Waals surface area contributed by atoms with Gasteiger partial charge in [0.15, 0.2) is 0 Å². The van der Waals surface area contributed by atoms with E-state index in [9.17, 15) is 0 Å². The lowest BCUT2D eigenvalue weighted by Crippen LogP contribution is -2.17. The van der Waals surface area contributed by atoms with E-state index in [-0.39, 0.29) is 0 Å². The molecular formula is C15H19NOS. The number of hydrogen-bond donors (Lipinski definition) is 1. The van der Waals surface area contributed by atoms with Crippen LogP contribution in [-0.4, -0.2) is 7.05 Å². The van der Waals surface area contributed by atoms with Crippen molar-refractivity contribution in [3.63, 3.8) is 0 Å². The molecule has 0 fully saturated rings. The summed E-state index contributed by atoms with van der Waals surface area (Å²) in [6.07, 6.45) is 7.94. The molecular weight excluding hydrogens is 242 g/mol. The Hall–Kier alpha value is -1.06. The number of fused-ring (bicyclic) bond motifs is 1. The minimum atomic E-state index is 0.381. The van der Waals surface area contributed by atoms with Gasteiger partial charge in [0, 0.05) is 22.2 Å². The van der Waals surface area contributed by atoms with Gasteiger partial charge in [0.05, 0.1) is 6.26 Å². The summed E-state index contributed by atoms with van der Waals surface area (Å²) in [7, 11) is 2.03.